The summed E-state index contributed by atoms with van der Waals surface area (Å²) in [5.74, 6) is 0. The van der Waals surface area contributed by atoms with E-state index in [1.54, 1.807) is 0 Å². The number of halogens is 2. The Balaban J connectivity index is 0.000000239. The first kappa shape index (κ1) is 41.3. The van der Waals surface area contributed by atoms with E-state index in [1.807, 2.05) is 0 Å². The van der Waals surface area contributed by atoms with E-state index in [-0.39, 0.29) is 0 Å². The van der Waals surface area contributed by atoms with Gasteiger partial charge < -0.3 is 0 Å². The zero-order valence-electron chi connectivity index (χ0n) is 32.8. The molecule has 2 aromatic heterocycles. The van der Waals surface area contributed by atoms with Crippen molar-refractivity contribution in [2.45, 2.75) is 92.2 Å². The molecule has 0 N–H and O–H groups in total. The van der Waals surface area contributed by atoms with Crippen LogP contribution in [0.3, 0.4) is 0 Å². The van der Waals surface area contributed by atoms with Crippen molar-refractivity contribution in [2.75, 3.05) is 10.7 Å². The first-order valence-corrected chi connectivity index (χ1v) is 22.0. The van der Waals surface area contributed by atoms with Gasteiger partial charge in [-0.2, -0.15) is 0 Å². The van der Waals surface area contributed by atoms with Crippen LogP contribution in [0.4, 0.5) is 0 Å². The highest BCUT2D eigenvalue weighted by atomic mass is 79.9. The van der Waals surface area contributed by atoms with E-state index in [1.165, 1.54) is 79.6 Å². The second-order valence-electron chi connectivity index (χ2n) is 14.7. The Bertz CT molecular complexity index is 1850. The van der Waals surface area contributed by atoms with Crippen LogP contribution in [-0.2, 0) is 38.8 Å². The lowest BCUT2D eigenvalue weighted by Gasteiger charge is -2.06. The fourth-order valence-electron chi connectivity index (χ4n) is 6.67. The van der Waals surface area contributed by atoms with E-state index < -0.39 is 0 Å². The van der Waals surface area contributed by atoms with Gasteiger partial charge in [0.2, 0.25) is 0 Å². The lowest BCUT2D eigenvalue weighted by molar-refractivity contribution is -0.697. The van der Waals surface area contributed by atoms with Crippen molar-refractivity contribution in [3.05, 3.63) is 178 Å². The zero-order chi connectivity index (χ0) is 38.1. The summed E-state index contributed by atoms with van der Waals surface area (Å²) in [5, 5.41) is 2.15. The van der Waals surface area contributed by atoms with Crippen LogP contribution in [-0.4, -0.2) is 10.7 Å². The van der Waals surface area contributed by atoms with Gasteiger partial charge in [0, 0.05) is 46.8 Å². The second-order valence-corrected chi connectivity index (χ2v) is 16.3. The molecule has 0 amide bonds. The summed E-state index contributed by atoms with van der Waals surface area (Å²) in [5.41, 5.74) is 16.3. The molecule has 0 spiro atoms. The molecule has 0 aliphatic carbocycles. The highest BCUT2D eigenvalue weighted by molar-refractivity contribution is 9.09. The Labute approximate surface area is 342 Å². The Morgan fingerprint density at radius 3 is 0.889 bits per heavy atom. The van der Waals surface area contributed by atoms with Crippen LogP contribution in [0.25, 0.3) is 22.3 Å². The van der Waals surface area contributed by atoms with Crippen molar-refractivity contribution in [2.24, 2.45) is 0 Å². The van der Waals surface area contributed by atoms with Crippen molar-refractivity contribution in [1.29, 1.82) is 0 Å². The summed E-state index contributed by atoms with van der Waals surface area (Å²) < 4.78 is 4.61. The number of aryl methyl sites for hydroxylation is 10. The maximum atomic E-state index is 3.48. The Morgan fingerprint density at radius 1 is 0.352 bits per heavy atom. The predicted molar refractivity (Wildman–Crippen MR) is 237 cm³/mol. The minimum absolute atomic E-state index is 1.06. The van der Waals surface area contributed by atoms with Crippen molar-refractivity contribution in [1.82, 2.24) is 0 Å². The quantitative estimate of drug-likeness (QED) is 0.0677. The average molecular weight is 847 g/mol. The van der Waals surface area contributed by atoms with Gasteiger partial charge in [-0.25, -0.2) is 9.13 Å². The van der Waals surface area contributed by atoms with E-state index >= 15 is 0 Å². The highest BCUT2D eigenvalue weighted by Crippen LogP contribution is 2.23. The van der Waals surface area contributed by atoms with Gasteiger partial charge in [-0.3, -0.25) is 0 Å². The molecule has 280 valence electrons. The van der Waals surface area contributed by atoms with Gasteiger partial charge in [0.25, 0.3) is 0 Å². The van der Waals surface area contributed by atoms with Gasteiger partial charge in [-0.15, -0.1) is 0 Å². The first-order chi connectivity index (χ1) is 26.3. The number of hydrogen-bond acceptors (Lipinski definition) is 0. The summed E-state index contributed by atoms with van der Waals surface area (Å²) in [7, 11) is 0. The molecule has 54 heavy (non-hydrogen) atoms. The van der Waals surface area contributed by atoms with E-state index in [0.29, 0.717) is 0 Å². The Hall–Kier alpha value is -3.86. The third-order valence-electron chi connectivity index (χ3n) is 10.4. The third-order valence-corrected chi connectivity index (χ3v) is 11.6. The molecule has 0 radical (unpaired) electrons. The predicted octanol–water partition coefficient (Wildman–Crippen LogP) is 12.4. The molecule has 2 nitrogen and oxygen atoms in total. The Kier molecular flexibility index (Phi) is 16.7. The minimum atomic E-state index is 1.06. The van der Waals surface area contributed by atoms with Gasteiger partial charge in [0.15, 0.2) is 24.8 Å². The molecule has 2 heterocycles. The molecule has 4 aromatic carbocycles. The molecule has 0 aliphatic rings. The van der Waals surface area contributed by atoms with Crippen LogP contribution < -0.4 is 9.13 Å². The van der Waals surface area contributed by atoms with E-state index in [4.69, 9.17) is 0 Å². The number of aromatic nitrogens is 2. The number of alkyl halides is 2. The minimum Gasteiger partial charge on any atom is -0.205 e. The molecule has 6 rings (SSSR count). The highest BCUT2D eigenvalue weighted by Gasteiger charge is 2.07. The molecule has 6 aromatic rings. The molecule has 0 saturated heterocycles. The molecule has 0 fully saturated rings. The summed E-state index contributed by atoms with van der Waals surface area (Å²) in [6.07, 6.45) is 18.1. The standard InChI is InChI=1S/C32H38N2.C18H20Br2/c1-25-17-21-33(23-27(25)3)19-5-7-29-9-13-31(14-10-29)32-15-11-30(12-16-32)8-6-20-34-22-18-26(2)28(4)24-34;19-13-1-3-15-5-9-17(10-6-15)18-11-7-16(8-12-18)4-2-14-20/h9-18,21-24H,5-8,19-20H2,1-4H3;5-12H,1-4,13-14H2/q+2;. The van der Waals surface area contributed by atoms with E-state index in [9.17, 15) is 0 Å². The number of pyridine rings is 2. The Morgan fingerprint density at radius 2 is 0.630 bits per heavy atom. The molecule has 0 aliphatic heterocycles. The largest absolute Gasteiger partial charge is 0.205 e. The van der Waals surface area contributed by atoms with E-state index in [2.05, 4.69) is 203 Å². The van der Waals surface area contributed by atoms with Gasteiger partial charge in [0.05, 0.1) is 0 Å². The number of benzene rings is 4. The monoisotopic (exact) mass is 844 g/mol. The average Bonchev–Trinajstić information content (AvgIpc) is 3.20. The molecule has 0 saturated carbocycles. The normalized spacial score (nSPS) is 10.9. The van der Waals surface area contributed by atoms with Crippen LogP contribution in [0.2, 0.25) is 0 Å². The summed E-state index contributed by atoms with van der Waals surface area (Å²) >= 11 is 6.96. The fourth-order valence-corrected chi connectivity index (χ4v) is 7.23. The van der Waals surface area contributed by atoms with Gasteiger partial charge >= 0.3 is 0 Å². The van der Waals surface area contributed by atoms with Gasteiger partial charge in [-0.05, 0) is 122 Å². The van der Waals surface area contributed by atoms with Crippen molar-refractivity contribution < 1.29 is 9.13 Å². The number of nitrogens with zero attached hydrogens (tertiary/aromatic N) is 2. The van der Waals surface area contributed by atoms with Gasteiger partial charge in [0.1, 0.15) is 13.1 Å². The van der Waals surface area contributed by atoms with Crippen LogP contribution in [0.1, 0.15) is 70.2 Å². The van der Waals surface area contributed by atoms with Crippen molar-refractivity contribution in [3.63, 3.8) is 0 Å². The summed E-state index contributed by atoms with van der Waals surface area (Å²) in [6.45, 7) is 10.8. The lowest BCUT2D eigenvalue weighted by atomic mass is 10.00. The van der Waals surface area contributed by atoms with Crippen LogP contribution >= 0.6 is 31.9 Å². The summed E-state index contributed by atoms with van der Waals surface area (Å²) in [6, 6.07) is 40.6. The van der Waals surface area contributed by atoms with Crippen LogP contribution in [0.5, 0.6) is 0 Å². The molecule has 0 atom stereocenters. The molecular weight excluding hydrogens is 788 g/mol. The van der Waals surface area contributed by atoms with Crippen LogP contribution in [0.15, 0.2) is 134 Å². The molecule has 0 bridgehead atoms. The summed E-state index contributed by atoms with van der Waals surface area (Å²) in [4.78, 5) is 0. The maximum absolute atomic E-state index is 3.48. The topological polar surface area (TPSA) is 7.76 Å². The van der Waals surface area contributed by atoms with Crippen molar-refractivity contribution in [3.8, 4) is 22.3 Å². The maximum Gasteiger partial charge on any atom is 0.171 e. The smallest absolute Gasteiger partial charge is 0.171 e. The number of hydrogen-bond donors (Lipinski definition) is 0. The van der Waals surface area contributed by atoms with E-state index in [0.717, 1.165) is 62.3 Å². The third kappa shape index (κ3) is 13.2. The zero-order valence-corrected chi connectivity index (χ0v) is 36.0. The fraction of sp³-hybridized carbons (Fsp3) is 0.320. The first-order valence-electron chi connectivity index (χ1n) is 19.7. The lowest BCUT2D eigenvalue weighted by Crippen LogP contribution is -2.33. The van der Waals surface area contributed by atoms with Crippen molar-refractivity contribution >= 4 is 31.9 Å². The molecular formula is C50H58Br2N2+2. The molecule has 4 heteroatoms. The van der Waals surface area contributed by atoms with Gasteiger partial charge in [-0.1, -0.05) is 129 Å². The molecule has 0 unspecified atom stereocenters. The number of rotatable bonds is 16. The SMILES string of the molecule is BrCCCc1ccc(-c2ccc(CCCBr)cc2)cc1.Cc1cc[n+](CCCc2ccc(-c3ccc(CCC[n+]4ccc(C)c(C)c4)cc3)cc2)cc1C. The van der Waals surface area contributed by atoms with Crippen LogP contribution in [0, 0.1) is 27.7 Å². The second kappa shape index (κ2) is 21.9.